The monoisotopic (exact) mass is 162 g/mol. The molecule has 1 heterocycles. The zero-order chi connectivity index (χ0) is 7.84. The van der Waals surface area contributed by atoms with Gasteiger partial charge in [-0.3, -0.25) is 5.10 Å². The Kier molecular flexibility index (Phi) is 1.32. The molecule has 1 aromatic heterocycles. The summed E-state index contributed by atoms with van der Waals surface area (Å²) in [6.45, 7) is 2.10. The smallest absolute Gasteiger partial charge is 0.0655 e. The fourth-order valence-electron chi connectivity index (χ4n) is 1.26. The van der Waals surface area contributed by atoms with E-state index in [1.54, 1.807) is 0 Å². The molecule has 0 atom stereocenters. The number of benzene rings is 1. The summed E-state index contributed by atoms with van der Waals surface area (Å²) in [7, 11) is 1.01. The number of aromatic nitrogens is 2. The largest absolute Gasteiger partial charge is 0.278 e. The maximum Gasteiger partial charge on any atom is 0.0655 e. The molecule has 2 rings (SSSR count). The first-order chi connectivity index (χ1) is 5.27. The molecular weight excluding hydrogens is 152 g/mol. The van der Waals surface area contributed by atoms with Crippen LogP contribution in [0, 0.1) is 6.92 Å². The molecular formula is C8H10N2Si. The highest BCUT2D eigenvalue weighted by Crippen LogP contribution is 2.09. The van der Waals surface area contributed by atoms with Gasteiger partial charge in [0.2, 0.25) is 0 Å². The lowest BCUT2D eigenvalue weighted by molar-refractivity contribution is 1.14. The third kappa shape index (κ3) is 0.972. The second-order valence-electron chi connectivity index (χ2n) is 2.86. The van der Waals surface area contributed by atoms with Crippen molar-refractivity contribution in [2.45, 2.75) is 6.92 Å². The van der Waals surface area contributed by atoms with Gasteiger partial charge in [0.25, 0.3) is 0 Å². The zero-order valence-electron chi connectivity index (χ0n) is 6.68. The van der Waals surface area contributed by atoms with Gasteiger partial charge in [-0.15, -0.1) is 0 Å². The summed E-state index contributed by atoms with van der Waals surface area (Å²) in [6.07, 6.45) is 0. The van der Waals surface area contributed by atoms with Crippen LogP contribution in [-0.4, -0.2) is 20.4 Å². The minimum absolute atomic E-state index is 1.01. The normalized spacial score (nSPS) is 11.0. The molecule has 0 spiro atoms. The Labute approximate surface area is 68.0 Å². The first-order valence-electron chi connectivity index (χ1n) is 3.69. The molecule has 0 aliphatic rings. The third-order valence-electron chi connectivity index (χ3n) is 1.91. The van der Waals surface area contributed by atoms with Crippen molar-refractivity contribution in [3.8, 4) is 0 Å². The molecule has 0 aliphatic carbocycles. The van der Waals surface area contributed by atoms with Gasteiger partial charge in [0.15, 0.2) is 0 Å². The molecule has 3 heteroatoms. The Morgan fingerprint density at radius 2 is 2.27 bits per heavy atom. The van der Waals surface area contributed by atoms with Crippen LogP contribution in [0.5, 0.6) is 0 Å². The van der Waals surface area contributed by atoms with Crippen molar-refractivity contribution in [2.24, 2.45) is 0 Å². The molecule has 11 heavy (non-hydrogen) atoms. The van der Waals surface area contributed by atoms with Crippen LogP contribution >= 0.6 is 0 Å². The van der Waals surface area contributed by atoms with Crippen LogP contribution in [0.15, 0.2) is 18.2 Å². The Morgan fingerprint density at radius 1 is 1.45 bits per heavy atom. The van der Waals surface area contributed by atoms with Crippen molar-refractivity contribution in [1.82, 2.24) is 10.2 Å². The molecule has 0 fully saturated rings. The van der Waals surface area contributed by atoms with Crippen molar-refractivity contribution in [1.29, 1.82) is 0 Å². The lowest BCUT2D eigenvalue weighted by atomic mass is 10.2. The summed E-state index contributed by atoms with van der Waals surface area (Å²) < 4.78 is 0. The van der Waals surface area contributed by atoms with E-state index in [0.29, 0.717) is 0 Å². The summed E-state index contributed by atoms with van der Waals surface area (Å²) in [5, 5.41) is 9.67. The van der Waals surface area contributed by atoms with Crippen molar-refractivity contribution in [2.75, 3.05) is 0 Å². The van der Waals surface area contributed by atoms with Gasteiger partial charge in [-0.1, -0.05) is 11.6 Å². The summed E-state index contributed by atoms with van der Waals surface area (Å²) in [6, 6.07) is 6.36. The van der Waals surface area contributed by atoms with Crippen molar-refractivity contribution in [3.05, 3.63) is 23.8 Å². The maximum atomic E-state index is 4.17. The van der Waals surface area contributed by atoms with Gasteiger partial charge >= 0.3 is 0 Å². The molecule has 1 N–H and O–H groups in total. The van der Waals surface area contributed by atoms with E-state index in [0.717, 1.165) is 15.8 Å². The van der Waals surface area contributed by atoms with E-state index in [-0.39, 0.29) is 0 Å². The molecule has 0 bridgehead atoms. The summed E-state index contributed by atoms with van der Waals surface area (Å²) >= 11 is 0. The SMILES string of the molecule is Cc1ccc2[nH]nc([SiH3])c2c1. The van der Waals surface area contributed by atoms with Gasteiger partial charge in [-0.2, -0.15) is 5.10 Å². The zero-order valence-corrected chi connectivity index (χ0v) is 8.68. The van der Waals surface area contributed by atoms with Gasteiger partial charge in [-0.25, -0.2) is 0 Å². The summed E-state index contributed by atoms with van der Waals surface area (Å²) in [5.41, 5.74) is 2.46. The molecule has 2 aromatic rings. The molecule has 0 radical (unpaired) electrons. The number of fused-ring (bicyclic) bond motifs is 1. The van der Waals surface area contributed by atoms with Crippen LogP contribution in [0.3, 0.4) is 0 Å². The third-order valence-corrected chi connectivity index (χ3v) is 2.67. The first kappa shape index (κ1) is 6.61. The Morgan fingerprint density at radius 3 is 3.09 bits per heavy atom. The molecule has 0 saturated heterocycles. The number of hydrogen-bond donors (Lipinski definition) is 1. The second-order valence-corrected chi connectivity index (χ2v) is 3.81. The molecule has 2 nitrogen and oxygen atoms in total. The number of nitrogens with zero attached hydrogens (tertiary/aromatic N) is 1. The van der Waals surface area contributed by atoms with Gasteiger partial charge in [-0.05, 0) is 19.1 Å². The number of H-pyrrole nitrogens is 1. The molecule has 0 aliphatic heterocycles. The van der Waals surface area contributed by atoms with Gasteiger partial charge in [0.05, 0.1) is 15.8 Å². The molecule has 0 saturated carbocycles. The van der Waals surface area contributed by atoms with E-state index >= 15 is 0 Å². The topological polar surface area (TPSA) is 28.7 Å². The molecule has 1 aromatic carbocycles. The van der Waals surface area contributed by atoms with Crippen LogP contribution < -0.4 is 5.32 Å². The number of aromatic amines is 1. The standard InChI is InChI=1S/C8H10N2Si/c1-5-2-3-7-6(4-5)8(11)10-9-7/h2-4H,1,11H3,(H,9,10). The van der Waals surface area contributed by atoms with Crippen LogP contribution in [0.2, 0.25) is 0 Å². The van der Waals surface area contributed by atoms with E-state index < -0.39 is 0 Å². The quantitative estimate of drug-likeness (QED) is 0.537. The fourth-order valence-corrected chi connectivity index (χ4v) is 1.78. The van der Waals surface area contributed by atoms with Crippen LogP contribution in [0.25, 0.3) is 10.9 Å². The fraction of sp³-hybridized carbons (Fsp3) is 0.125. The maximum absolute atomic E-state index is 4.17. The van der Waals surface area contributed by atoms with Gasteiger partial charge < -0.3 is 0 Å². The van der Waals surface area contributed by atoms with Crippen LogP contribution in [-0.2, 0) is 0 Å². The van der Waals surface area contributed by atoms with Crippen LogP contribution in [0.4, 0.5) is 0 Å². The van der Waals surface area contributed by atoms with Crippen molar-refractivity contribution >= 4 is 26.5 Å². The van der Waals surface area contributed by atoms with Crippen molar-refractivity contribution in [3.63, 3.8) is 0 Å². The molecule has 0 amide bonds. The lowest BCUT2D eigenvalue weighted by Gasteiger charge is -1.91. The summed E-state index contributed by atoms with van der Waals surface area (Å²) in [4.78, 5) is 0. The first-order valence-corrected chi connectivity index (χ1v) is 4.69. The van der Waals surface area contributed by atoms with E-state index in [1.807, 2.05) is 0 Å². The highest BCUT2D eigenvalue weighted by molar-refractivity contribution is 6.37. The van der Waals surface area contributed by atoms with Gasteiger partial charge in [0.1, 0.15) is 0 Å². The number of hydrogen-bond acceptors (Lipinski definition) is 1. The van der Waals surface area contributed by atoms with E-state index in [9.17, 15) is 0 Å². The minimum atomic E-state index is 1.01. The van der Waals surface area contributed by atoms with E-state index in [2.05, 4.69) is 35.3 Å². The van der Waals surface area contributed by atoms with Crippen LogP contribution in [0.1, 0.15) is 5.56 Å². The number of nitrogens with one attached hydrogen (secondary N) is 1. The average Bonchev–Trinajstić information content (AvgIpc) is 2.33. The molecule has 56 valence electrons. The Hall–Kier alpha value is -1.09. The average molecular weight is 162 g/mol. The van der Waals surface area contributed by atoms with E-state index in [4.69, 9.17) is 0 Å². The molecule has 0 unspecified atom stereocenters. The summed E-state index contributed by atoms with van der Waals surface area (Å²) in [5.74, 6) is 0. The van der Waals surface area contributed by atoms with E-state index in [1.165, 1.54) is 16.3 Å². The predicted octanol–water partition coefficient (Wildman–Crippen LogP) is -0.138. The second kappa shape index (κ2) is 2.20. The van der Waals surface area contributed by atoms with Gasteiger partial charge in [0, 0.05) is 10.7 Å². The minimum Gasteiger partial charge on any atom is -0.278 e. The highest BCUT2D eigenvalue weighted by atomic mass is 28.1. The Balaban J connectivity index is 2.87. The lowest BCUT2D eigenvalue weighted by Crippen LogP contribution is -2.02. The van der Waals surface area contributed by atoms with Crippen molar-refractivity contribution < 1.29 is 0 Å². The Bertz CT molecular complexity index is 392. The predicted molar refractivity (Wildman–Crippen MR) is 50.4 cm³/mol. The number of rotatable bonds is 0. The highest BCUT2D eigenvalue weighted by Gasteiger charge is 1.98. The number of aryl methyl sites for hydroxylation is 1.